The minimum absolute atomic E-state index is 0.247. The molecule has 0 radical (unpaired) electrons. The van der Waals surface area contributed by atoms with Crippen LogP contribution in [0.15, 0.2) is 47.4 Å². The number of rotatable bonds is 5. The van der Waals surface area contributed by atoms with Crippen LogP contribution in [0, 0.1) is 17.5 Å². The maximum absolute atomic E-state index is 13.7. The molecule has 20 heavy (non-hydrogen) atoms. The van der Waals surface area contributed by atoms with Crippen LogP contribution in [0.25, 0.3) is 0 Å². The molecule has 0 amide bonds. The molecule has 1 unspecified atom stereocenters. The third-order valence-corrected chi connectivity index (χ3v) is 4.09. The molecule has 0 saturated carbocycles. The van der Waals surface area contributed by atoms with Gasteiger partial charge in [0.25, 0.3) is 0 Å². The largest absolute Gasteiger partial charge is 0.312 e. The Morgan fingerprint density at radius 1 is 1.00 bits per heavy atom. The average Bonchev–Trinajstić information content (AvgIpc) is 2.45. The third kappa shape index (κ3) is 3.35. The van der Waals surface area contributed by atoms with E-state index in [-0.39, 0.29) is 11.4 Å². The number of thioether (sulfide) groups is 1. The summed E-state index contributed by atoms with van der Waals surface area (Å²) < 4.78 is 40.5. The fraction of sp³-hybridized carbons (Fsp3) is 0.200. The lowest BCUT2D eigenvalue weighted by molar-refractivity contribution is 0.483. The maximum Gasteiger partial charge on any atom is 0.163 e. The van der Waals surface area contributed by atoms with Crippen molar-refractivity contribution in [2.75, 3.05) is 12.8 Å². The Morgan fingerprint density at radius 3 is 2.40 bits per heavy atom. The normalized spacial score (nSPS) is 12.4. The van der Waals surface area contributed by atoms with Gasteiger partial charge in [-0.15, -0.1) is 11.8 Å². The molecule has 1 nitrogen and oxygen atoms in total. The van der Waals surface area contributed by atoms with Crippen LogP contribution in [0.5, 0.6) is 0 Å². The Hall–Kier alpha value is -1.46. The van der Waals surface area contributed by atoms with Crippen molar-refractivity contribution in [2.45, 2.75) is 10.9 Å². The van der Waals surface area contributed by atoms with Crippen LogP contribution < -0.4 is 5.32 Å². The second-order valence-corrected chi connectivity index (χ2v) is 5.29. The molecular formula is C15H14F3NS. The van der Waals surface area contributed by atoms with Crippen LogP contribution >= 0.6 is 11.8 Å². The van der Waals surface area contributed by atoms with Crippen LogP contribution in [0.3, 0.4) is 0 Å². The summed E-state index contributed by atoms with van der Waals surface area (Å²) in [6, 6.07) is 10.1. The molecule has 2 aromatic rings. The Kier molecular flexibility index (Phi) is 5.09. The molecule has 0 aliphatic rings. The minimum atomic E-state index is -0.876. The summed E-state index contributed by atoms with van der Waals surface area (Å²) in [7, 11) is 1.66. The summed E-state index contributed by atoms with van der Waals surface area (Å²) >= 11 is 1.26. The van der Waals surface area contributed by atoms with Gasteiger partial charge in [0, 0.05) is 22.3 Å². The van der Waals surface area contributed by atoms with E-state index in [9.17, 15) is 13.2 Å². The van der Waals surface area contributed by atoms with E-state index in [0.29, 0.717) is 10.6 Å². The molecule has 0 fully saturated rings. The minimum Gasteiger partial charge on any atom is -0.312 e. The van der Waals surface area contributed by atoms with Crippen molar-refractivity contribution in [3.05, 3.63) is 65.5 Å². The predicted molar refractivity (Wildman–Crippen MR) is 75.3 cm³/mol. The van der Waals surface area contributed by atoms with Crippen LogP contribution in [0.2, 0.25) is 0 Å². The number of hydrogen-bond acceptors (Lipinski definition) is 2. The van der Waals surface area contributed by atoms with Crippen LogP contribution in [0.4, 0.5) is 13.2 Å². The number of hydrogen-bond donors (Lipinski definition) is 1. The van der Waals surface area contributed by atoms with E-state index in [4.69, 9.17) is 0 Å². The van der Waals surface area contributed by atoms with Crippen molar-refractivity contribution in [3.63, 3.8) is 0 Å². The fourth-order valence-electron chi connectivity index (χ4n) is 1.85. The first kappa shape index (κ1) is 14.9. The molecule has 2 rings (SSSR count). The maximum atomic E-state index is 13.7. The molecule has 5 heteroatoms. The molecule has 0 aliphatic heterocycles. The van der Waals surface area contributed by atoms with E-state index < -0.39 is 17.7 Å². The smallest absolute Gasteiger partial charge is 0.163 e. The van der Waals surface area contributed by atoms with Crippen molar-refractivity contribution in [2.24, 2.45) is 0 Å². The zero-order valence-corrected chi connectivity index (χ0v) is 11.7. The summed E-state index contributed by atoms with van der Waals surface area (Å²) in [4.78, 5) is 0.490. The van der Waals surface area contributed by atoms with E-state index in [1.807, 2.05) is 0 Å². The molecule has 106 valence electrons. The van der Waals surface area contributed by atoms with Gasteiger partial charge in [-0.05, 0) is 25.2 Å². The van der Waals surface area contributed by atoms with Crippen molar-refractivity contribution < 1.29 is 13.2 Å². The molecule has 2 aromatic carbocycles. The average molecular weight is 297 g/mol. The zero-order chi connectivity index (χ0) is 14.5. The number of nitrogens with one attached hydrogen (secondary N) is 1. The predicted octanol–water partition coefficient (Wildman–Crippen LogP) is 4.16. The molecule has 0 spiro atoms. The van der Waals surface area contributed by atoms with Crippen molar-refractivity contribution >= 4 is 11.8 Å². The molecule has 1 atom stereocenters. The summed E-state index contributed by atoms with van der Waals surface area (Å²) in [6.07, 6.45) is 0. The lowest BCUT2D eigenvalue weighted by atomic mass is 10.1. The topological polar surface area (TPSA) is 12.0 Å². The second-order valence-electron chi connectivity index (χ2n) is 4.23. The molecule has 0 saturated heterocycles. The fourth-order valence-corrected chi connectivity index (χ4v) is 2.93. The van der Waals surface area contributed by atoms with Gasteiger partial charge >= 0.3 is 0 Å². The highest BCUT2D eigenvalue weighted by Gasteiger charge is 2.17. The Bertz CT molecular complexity index is 589. The monoisotopic (exact) mass is 297 g/mol. The highest BCUT2D eigenvalue weighted by Crippen LogP contribution is 2.28. The quantitative estimate of drug-likeness (QED) is 0.832. The lowest BCUT2D eigenvalue weighted by Gasteiger charge is -2.17. The van der Waals surface area contributed by atoms with Gasteiger partial charge < -0.3 is 5.32 Å². The van der Waals surface area contributed by atoms with Gasteiger partial charge in [0.15, 0.2) is 11.6 Å². The van der Waals surface area contributed by atoms with Gasteiger partial charge in [0.2, 0.25) is 0 Å². The van der Waals surface area contributed by atoms with Crippen molar-refractivity contribution in [3.8, 4) is 0 Å². The van der Waals surface area contributed by atoms with Gasteiger partial charge in [0.1, 0.15) is 5.82 Å². The molecule has 0 bridgehead atoms. The van der Waals surface area contributed by atoms with E-state index in [2.05, 4.69) is 5.32 Å². The third-order valence-electron chi connectivity index (χ3n) is 2.95. The van der Waals surface area contributed by atoms with Gasteiger partial charge in [-0.3, -0.25) is 0 Å². The van der Waals surface area contributed by atoms with Crippen molar-refractivity contribution in [1.82, 2.24) is 5.32 Å². The second kappa shape index (κ2) is 6.81. The van der Waals surface area contributed by atoms with E-state index in [1.165, 1.54) is 30.0 Å². The summed E-state index contributed by atoms with van der Waals surface area (Å²) in [5, 5.41) is 2.93. The van der Waals surface area contributed by atoms with Gasteiger partial charge in [-0.1, -0.05) is 24.3 Å². The van der Waals surface area contributed by atoms with Gasteiger partial charge in [0.05, 0.1) is 0 Å². The van der Waals surface area contributed by atoms with E-state index >= 15 is 0 Å². The van der Waals surface area contributed by atoms with Crippen molar-refractivity contribution in [1.29, 1.82) is 0 Å². The molecule has 0 heterocycles. The zero-order valence-electron chi connectivity index (χ0n) is 10.9. The SMILES string of the molecule is CNC(CSc1ccccc1F)c1cccc(F)c1F. The summed E-state index contributed by atoms with van der Waals surface area (Å²) in [6.45, 7) is 0. The van der Waals surface area contributed by atoms with Crippen LogP contribution in [-0.4, -0.2) is 12.8 Å². The highest BCUT2D eigenvalue weighted by atomic mass is 32.2. The van der Waals surface area contributed by atoms with Gasteiger partial charge in [-0.25, -0.2) is 13.2 Å². The highest BCUT2D eigenvalue weighted by molar-refractivity contribution is 7.99. The molecule has 1 N–H and O–H groups in total. The van der Waals surface area contributed by atoms with E-state index in [0.717, 1.165) is 6.07 Å². The molecular weight excluding hydrogens is 283 g/mol. The Balaban J connectivity index is 2.14. The Labute approximate surface area is 120 Å². The lowest BCUT2D eigenvalue weighted by Crippen LogP contribution is -2.20. The van der Waals surface area contributed by atoms with Crippen LogP contribution in [-0.2, 0) is 0 Å². The molecule has 0 aliphatic carbocycles. The molecule has 0 aromatic heterocycles. The standard InChI is InChI=1S/C15H14F3NS/c1-19-13(10-5-4-7-12(17)15(10)18)9-20-14-8-3-2-6-11(14)16/h2-8,13,19H,9H2,1H3. The summed E-state index contributed by atoms with van der Waals surface area (Å²) in [5.41, 5.74) is 0.247. The Morgan fingerprint density at radius 2 is 1.70 bits per heavy atom. The van der Waals surface area contributed by atoms with Crippen LogP contribution in [0.1, 0.15) is 11.6 Å². The first-order chi connectivity index (χ1) is 9.63. The first-order valence-corrected chi connectivity index (χ1v) is 7.10. The van der Waals surface area contributed by atoms with Gasteiger partial charge in [-0.2, -0.15) is 0 Å². The number of halogens is 3. The van der Waals surface area contributed by atoms with E-state index in [1.54, 1.807) is 25.2 Å². The summed E-state index contributed by atoms with van der Waals surface area (Å²) in [5.74, 6) is -1.65. The number of benzene rings is 2. The first-order valence-electron chi connectivity index (χ1n) is 6.12.